The zero-order valence-electron chi connectivity index (χ0n) is 13.7. The highest BCUT2D eigenvalue weighted by Crippen LogP contribution is 2.39. The van der Waals surface area contributed by atoms with Crippen molar-refractivity contribution < 1.29 is 9.90 Å². The molecule has 1 fully saturated rings. The number of nitrogens with one attached hydrogen (secondary N) is 1. The van der Waals surface area contributed by atoms with Crippen LogP contribution in [0.1, 0.15) is 38.2 Å². The molecule has 1 atom stereocenters. The summed E-state index contributed by atoms with van der Waals surface area (Å²) in [6.07, 6.45) is 4.45. The van der Waals surface area contributed by atoms with Crippen LogP contribution in [0, 0.1) is 5.92 Å². The van der Waals surface area contributed by atoms with E-state index in [1.165, 1.54) is 16.3 Å². The molecule has 0 saturated heterocycles. The average Bonchev–Trinajstić information content (AvgIpc) is 3.40. The van der Waals surface area contributed by atoms with Gasteiger partial charge < -0.3 is 10.4 Å². The van der Waals surface area contributed by atoms with Crippen LogP contribution >= 0.6 is 0 Å². The Kier molecular flexibility index (Phi) is 4.67. The highest BCUT2D eigenvalue weighted by atomic mass is 16.3. The lowest BCUT2D eigenvalue weighted by Crippen LogP contribution is -2.50. The average molecular weight is 311 g/mol. The highest BCUT2D eigenvalue weighted by molar-refractivity contribution is 5.83. The van der Waals surface area contributed by atoms with Gasteiger partial charge in [0.1, 0.15) is 0 Å². The monoisotopic (exact) mass is 311 g/mol. The van der Waals surface area contributed by atoms with Gasteiger partial charge in [0.25, 0.3) is 0 Å². The van der Waals surface area contributed by atoms with Crippen LogP contribution in [0.25, 0.3) is 10.8 Å². The number of fused-ring (bicyclic) bond motifs is 1. The topological polar surface area (TPSA) is 49.3 Å². The van der Waals surface area contributed by atoms with Crippen LogP contribution in [-0.2, 0) is 11.2 Å². The smallest absolute Gasteiger partial charge is 0.220 e. The SMILES string of the molecule is CC(CO)(NC(=O)CCCc1ccc2ccccc2c1)C1CC1. The van der Waals surface area contributed by atoms with Crippen LogP contribution in [0.2, 0.25) is 0 Å². The Morgan fingerprint density at radius 2 is 1.96 bits per heavy atom. The molecule has 0 radical (unpaired) electrons. The van der Waals surface area contributed by atoms with Crippen LogP contribution < -0.4 is 5.32 Å². The molecule has 3 rings (SSSR count). The van der Waals surface area contributed by atoms with E-state index in [-0.39, 0.29) is 12.5 Å². The minimum absolute atomic E-state index is 0.0219. The van der Waals surface area contributed by atoms with Crippen LogP contribution in [0.3, 0.4) is 0 Å². The normalized spacial score (nSPS) is 17.0. The van der Waals surface area contributed by atoms with Crippen molar-refractivity contribution >= 4 is 16.7 Å². The molecule has 122 valence electrons. The summed E-state index contributed by atoms with van der Waals surface area (Å²) in [6, 6.07) is 14.8. The first kappa shape index (κ1) is 16.0. The first-order valence-corrected chi connectivity index (χ1v) is 8.50. The van der Waals surface area contributed by atoms with E-state index >= 15 is 0 Å². The second-order valence-electron chi connectivity index (χ2n) is 6.93. The molecule has 2 aromatic carbocycles. The predicted molar refractivity (Wildman–Crippen MR) is 93.2 cm³/mol. The van der Waals surface area contributed by atoms with Crippen LogP contribution in [-0.4, -0.2) is 23.2 Å². The second-order valence-corrected chi connectivity index (χ2v) is 6.93. The van der Waals surface area contributed by atoms with Crippen molar-refractivity contribution in [3.63, 3.8) is 0 Å². The number of hydrogen-bond donors (Lipinski definition) is 2. The van der Waals surface area contributed by atoms with Gasteiger partial charge in [-0.1, -0.05) is 42.5 Å². The van der Waals surface area contributed by atoms with Gasteiger partial charge in [0.15, 0.2) is 0 Å². The first-order valence-electron chi connectivity index (χ1n) is 8.50. The number of aliphatic hydroxyl groups is 1. The minimum Gasteiger partial charge on any atom is -0.394 e. The molecule has 2 aromatic rings. The second kappa shape index (κ2) is 6.71. The van der Waals surface area contributed by atoms with Crippen molar-refractivity contribution in [3.8, 4) is 0 Å². The van der Waals surface area contributed by atoms with Crippen LogP contribution in [0.15, 0.2) is 42.5 Å². The van der Waals surface area contributed by atoms with E-state index < -0.39 is 5.54 Å². The van der Waals surface area contributed by atoms with Gasteiger partial charge in [-0.15, -0.1) is 0 Å². The van der Waals surface area contributed by atoms with Gasteiger partial charge in [0, 0.05) is 6.42 Å². The van der Waals surface area contributed by atoms with Crippen molar-refractivity contribution in [3.05, 3.63) is 48.0 Å². The Morgan fingerprint density at radius 3 is 2.65 bits per heavy atom. The van der Waals surface area contributed by atoms with Gasteiger partial charge >= 0.3 is 0 Å². The van der Waals surface area contributed by atoms with Gasteiger partial charge in [-0.05, 0) is 54.9 Å². The lowest BCUT2D eigenvalue weighted by molar-refractivity contribution is -0.123. The zero-order chi connectivity index (χ0) is 16.3. The molecule has 0 bridgehead atoms. The number of amides is 1. The Balaban J connectivity index is 1.51. The maximum absolute atomic E-state index is 12.1. The quantitative estimate of drug-likeness (QED) is 0.823. The summed E-state index contributed by atoms with van der Waals surface area (Å²) in [6.45, 7) is 1.97. The molecule has 1 saturated carbocycles. The number of benzene rings is 2. The predicted octanol–water partition coefficient (Wildman–Crippen LogP) is 3.44. The summed E-state index contributed by atoms with van der Waals surface area (Å²) in [4.78, 5) is 12.1. The molecule has 0 spiro atoms. The van der Waals surface area contributed by atoms with Crippen molar-refractivity contribution in [1.29, 1.82) is 0 Å². The number of aliphatic hydroxyl groups excluding tert-OH is 1. The number of aryl methyl sites for hydroxylation is 1. The third-order valence-corrected chi connectivity index (χ3v) is 4.91. The van der Waals surface area contributed by atoms with Gasteiger partial charge in [-0.2, -0.15) is 0 Å². The van der Waals surface area contributed by atoms with E-state index in [0.717, 1.165) is 25.7 Å². The van der Waals surface area contributed by atoms with E-state index in [1.807, 2.05) is 19.1 Å². The molecule has 1 amide bonds. The van der Waals surface area contributed by atoms with Gasteiger partial charge in [-0.3, -0.25) is 4.79 Å². The summed E-state index contributed by atoms with van der Waals surface area (Å²) in [5.41, 5.74) is 0.837. The molecular formula is C20H25NO2. The number of carbonyl (C=O) groups is 1. The van der Waals surface area contributed by atoms with Gasteiger partial charge in [-0.25, -0.2) is 0 Å². The Morgan fingerprint density at radius 1 is 1.22 bits per heavy atom. The first-order chi connectivity index (χ1) is 11.1. The summed E-state index contributed by atoms with van der Waals surface area (Å²) in [5, 5.41) is 15.1. The van der Waals surface area contributed by atoms with E-state index in [2.05, 4.69) is 35.6 Å². The standard InChI is InChI=1S/C20H25NO2/c1-20(14-22,18-11-12-18)21-19(23)8-4-5-15-9-10-16-6-2-3-7-17(16)13-15/h2-3,6-7,9-10,13,18,22H,4-5,8,11-12,14H2,1H3,(H,21,23). The molecular weight excluding hydrogens is 286 g/mol. The number of carbonyl (C=O) groups excluding carboxylic acids is 1. The van der Waals surface area contributed by atoms with Crippen molar-refractivity contribution in [2.24, 2.45) is 5.92 Å². The highest BCUT2D eigenvalue weighted by Gasteiger charge is 2.41. The van der Waals surface area contributed by atoms with Crippen molar-refractivity contribution in [2.75, 3.05) is 6.61 Å². The van der Waals surface area contributed by atoms with Crippen LogP contribution in [0.5, 0.6) is 0 Å². The lowest BCUT2D eigenvalue weighted by Gasteiger charge is -2.28. The lowest BCUT2D eigenvalue weighted by atomic mass is 9.96. The molecule has 2 N–H and O–H groups in total. The van der Waals surface area contributed by atoms with Gasteiger partial charge in [0.05, 0.1) is 12.1 Å². The fourth-order valence-electron chi connectivity index (χ4n) is 3.22. The van der Waals surface area contributed by atoms with E-state index in [9.17, 15) is 9.90 Å². The van der Waals surface area contributed by atoms with Crippen LogP contribution in [0.4, 0.5) is 0 Å². The third-order valence-electron chi connectivity index (χ3n) is 4.91. The molecule has 0 aromatic heterocycles. The molecule has 3 nitrogen and oxygen atoms in total. The third kappa shape index (κ3) is 3.91. The molecule has 1 aliphatic carbocycles. The molecule has 1 unspecified atom stereocenters. The zero-order valence-corrected chi connectivity index (χ0v) is 13.7. The largest absolute Gasteiger partial charge is 0.394 e. The Bertz CT molecular complexity index is 693. The molecule has 23 heavy (non-hydrogen) atoms. The van der Waals surface area contributed by atoms with Gasteiger partial charge in [0.2, 0.25) is 5.91 Å². The molecule has 0 heterocycles. The summed E-state index contributed by atoms with van der Waals surface area (Å²) in [7, 11) is 0. The van der Waals surface area contributed by atoms with E-state index in [4.69, 9.17) is 0 Å². The maximum Gasteiger partial charge on any atom is 0.220 e. The summed E-state index contributed by atoms with van der Waals surface area (Å²) in [5.74, 6) is 0.492. The van der Waals surface area contributed by atoms with E-state index in [0.29, 0.717) is 12.3 Å². The Labute approximate surface area is 137 Å². The fourth-order valence-corrected chi connectivity index (χ4v) is 3.22. The van der Waals surface area contributed by atoms with Crippen molar-refractivity contribution in [1.82, 2.24) is 5.32 Å². The number of hydrogen-bond acceptors (Lipinski definition) is 2. The molecule has 3 heteroatoms. The molecule has 0 aliphatic heterocycles. The Hall–Kier alpha value is -1.87. The summed E-state index contributed by atoms with van der Waals surface area (Å²) >= 11 is 0. The maximum atomic E-state index is 12.1. The molecule has 1 aliphatic rings. The minimum atomic E-state index is -0.431. The van der Waals surface area contributed by atoms with E-state index in [1.54, 1.807) is 0 Å². The number of rotatable bonds is 7. The van der Waals surface area contributed by atoms with Crippen molar-refractivity contribution in [2.45, 2.75) is 44.6 Å². The summed E-state index contributed by atoms with van der Waals surface area (Å²) < 4.78 is 0. The fraction of sp³-hybridized carbons (Fsp3) is 0.450.